The zero-order valence-corrected chi connectivity index (χ0v) is 15.3. The van der Waals surface area contributed by atoms with Crippen molar-refractivity contribution in [3.63, 3.8) is 0 Å². The van der Waals surface area contributed by atoms with E-state index in [1.807, 2.05) is 41.9 Å². The van der Waals surface area contributed by atoms with Crippen LogP contribution in [-0.2, 0) is 6.54 Å². The number of benzene rings is 1. The van der Waals surface area contributed by atoms with Crippen LogP contribution in [0.2, 0.25) is 0 Å². The Hall–Kier alpha value is -1.95. The summed E-state index contributed by atoms with van der Waals surface area (Å²) >= 11 is 3.58. The molecule has 2 heterocycles. The number of halogens is 1. The molecule has 6 heteroatoms. The molecule has 5 nitrogen and oxygen atoms in total. The molecule has 0 saturated heterocycles. The van der Waals surface area contributed by atoms with E-state index in [4.69, 9.17) is 4.74 Å². The molecule has 0 aliphatic heterocycles. The molecule has 0 bridgehead atoms. The molecule has 0 N–H and O–H groups in total. The van der Waals surface area contributed by atoms with Gasteiger partial charge >= 0.3 is 0 Å². The summed E-state index contributed by atoms with van der Waals surface area (Å²) in [5, 5.41) is 8.56. The summed E-state index contributed by atoms with van der Waals surface area (Å²) in [6.45, 7) is 9.27. The predicted octanol–water partition coefficient (Wildman–Crippen LogP) is 4.74. The van der Waals surface area contributed by atoms with Crippen LogP contribution >= 0.6 is 15.9 Å². The SMILES string of the molecule is Cc1cccc(Oc2ccc3c(nnn3CC(C)(C)C)c2Br)n1. The molecular formula is C17H19BrN4O. The predicted molar refractivity (Wildman–Crippen MR) is 93.7 cm³/mol. The lowest BCUT2D eigenvalue weighted by Crippen LogP contribution is -2.16. The van der Waals surface area contributed by atoms with E-state index in [2.05, 4.69) is 52.0 Å². The van der Waals surface area contributed by atoms with Gasteiger partial charge in [-0.05, 0) is 46.5 Å². The van der Waals surface area contributed by atoms with Crippen LogP contribution in [-0.4, -0.2) is 20.0 Å². The Balaban J connectivity index is 1.96. The molecule has 120 valence electrons. The molecule has 0 spiro atoms. The molecule has 0 atom stereocenters. The van der Waals surface area contributed by atoms with Gasteiger partial charge in [-0.2, -0.15) is 0 Å². The Kier molecular flexibility index (Phi) is 4.10. The normalized spacial score (nSPS) is 11.9. The highest BCUT2D eigenvalue weighted by Gasteiger charge is 2.17. The molecule has 2 aromatic heterocycles. The maximum atomic E-state index is 5.87. The van der Waals surface area contributed by atoms with Crippen LogP contribution in [0.15, 0.2) is 34.8 Å². The van der Waals surface area contributed by atoms with E-state index in [1.54, 1.807) is 0 Å². The Labute approximate surface area is 143 Å². The van der Waals surface area contributed by atoms with Crippen molar-refractivity contribution in [3.8, 4) is 11.6 Å². The third kappa shape index (κ3) is 3.52. The monoisotopic (exact) mass is 374 g/mol. The average molecular weight is 375 g/mol. The van der Waals surface area contributed by atoms with Crippen LogP contribution in [0.5, 0.6) is 11.6 Å². The zero-order valence-electron chi connectivity index (χ0n) is 13.7. The summed E-state index contributed by atoms with van der Waals surface area (Å²) in [5.74, 6) is 1.24. The Morgan fingerprint density at radius 3 is 2.65 bits per heavy atom. The molecule has 0 radical (unpaired) electrons. The fourth-order valence-corrected chi connectivity index (χ4v) is 2.81. The Morgan fingerprint density at radius 2 is 1.96 bits per heavy atom. The molecule has 23 heavy (non-hydrogen) atoms. The summed E-state index contributed by atoms with van der Waals surface area (Å²) in [6, 6.07) is 9.59. The minimum Gasteiger partial charge on any atom is -0.438 e. The Morgan fingerprint density at radius 1 is 1.17 bits per heavy atom. The molecule has 0 amide bonds. The van der Waals surface area contributed by atoms with E-state index < -0.39 is 0 Å². The lowest BCUT2D eigenvalue weighted by molar-refractivity contribution is 0.327. The van der Waals surface area contributed by atoms with Crippen molar-refractivity contribution in [2.75, 3.05) is 0 Å². The van der Waals surface area contributed by atoms with Gasteiger partial charge in [0.1, 0.15) is 11.3 Å². The highest BCUT2D eigenvalue weighted by molar-refractivity contribution is 9.10. The third-order valence-corrected chi connectivity index (χ3v) is 4.06. The number of nitrogens with zero attached hydrogens (tertiary/aromatic N) is 4. The van der Waals surface area contributed by atoms with Crippen molar-refractivity contribution in [3.05, 3.63) is 40.5 Å². The van der Waals surface area contributed by atoms with Crippen molar-refractivity contribution in [2.24, 2.45) is 5.41 Å². The number of hydrogen-bond acceptors (Lipinski definition) is 4. The molecule has 1 aromatic carbocycles. The number of aryl methyl sites for hydroxylation is 1. The topological polar surface area (TPSA) is 52.8 Å². The van der Waals surface area contributed by atoms with E-state index in [-0.39, 0.29) is 5.41 Å². The van der Waals surface area contributed by atoms with Crippen molar-refractivity contribution in [2.45, 2.75) is 34.2 Å². The lowest BCUT2D eigenvalue weighted by Gasteiger charge is -2.17. The number of rotatable bonds is 3. The summed E-state index contributed by atoms with van der Waals surface area (Å²) in [5.41, 5.74) is 2.82. The maximum absolute atomic E-state index is 5.87. The van der Waals surface area contributed by atoms with Crippen molar-refractivity contribution >= 4 is 27.0 Å². The second-order valence-corrected chi connectivity index (χ2v) is 7.57. The first-order valence-corrected chi connectivity index (χ1v) is 8.26. The highest BCUT2D eigenvalue weighted by Crippen LogP contribution is 2.34. The lowest BCUT2D eigenvalue weighted by atomic mass is 9.97. The average Bonchev–Trinajstić information content (AvgIpc) is 2.84. The highest BCUT2D eigenvalue weighted by atomic mass is 79.9. The van der Waals surface area contributed by atoms with Gasteiger partial charge in [0.2, 0.25) is 5.88 Å². The minimum absolute atomic E-state index is 0.133. The second-order valence-electron chi connectivity index (χ2n) is 6.77. The molecule has 0 aliphatic carbocycles. The van der Waals surface area contributed by atoms with Crippen LogP contribution in [0.3, 0.4) is 0 Å². The van der Waals surface area contributed by atoms with Gasteiger partial charge in [0.25, 0.3) is 0 Å². The number of fused-ring (bicyclic) bond motifs is 1. The van der Waals surface area contributed by atoms with Gasteiger partial charge in [-0.15, -0.1) is 5.10 Å². The molecule has 0 aliphatic rings. The first kappa shape index (κ1) is 15.9. The van der Waals surface area contributed by atoms with Crippen LogP contribution in [0.25, 0.3) is 11.0 Å². The molecule has 3 aromatic rings. The van der Waals surface area contributed by atoms with Gasteiger partial charge in [-0.1, -0.05) is 32.1 Å². The zero-order chi connectivity index (χ0) is 16.6. The first-order valence-electron chi connectivity index (χ1n) is 7.47. The smallest absolute Gasteiger partial charge is 0.219 e. The largest absolute Gasteiger partial charge is 0.438 e. The summed E-state index contributed by atoms with van der Waals surface area (Å²) in [7, 11) is 0. The number of hydrogen-bond donors (Lipinski definition) is 0. The molecule has 0 unspecified atom stereocenters. The summed E-state index contributed by atoms with van der Waals surface area (Å²) in [4.78, 5) is 4.36. The van der Waals surface area contributed by atoms with Crippen molar-refractivity contribution in [1.29, 1.82) is 0 Å². The van der Waals surface area contributed by atoms with Gasteiger partial charge in [0, 0.05) is 18.3 Å². The first-order chi connectivity index (χ1) is 10.8. The van der Waals surface area contributed by atoms with Gasteiger partial charge in [0.15, 0.2) is 0 Å². The van der Waals surface area contributed by atoms with E-state index in [1.165, 1.54) is 0 Å². The fraction of sp³-hybridized carbons (Fsp3) is 0.353. The summed E-state index contributed by atoms with van der Waals surface area (Å²) in [6.07, 6.45) is 0. The fourth-order valence-electron chi connectivity index (χ4n) is 2.32. The van der Waals surface area contributed by atoms with Crippen LogP contribution in [0.1, 0.15) is 26.5 Å². The minimum atomic E-state index is 0.133. The van der Waals surface area contributed by atoms with Crippen LogP contribution < -0.4 is 4.74 Å². The summed E-state index contributed by atoms with van der Waals surface area (Å²) < 4.78 is 8.59. The van der Waals surface area contributed by atoms with Gasteiger partial charge in [0.05, 0.1) is 9.99 Å². The quantitative estimate of drug-likeness (QED) is 0.664. The molecule has 0 saturated carbocycles. The number of pyridine rings is 1. The molecular weight excluding hydrogens is 356 g/mol. The van der Waals surface area contributed by atoms with Crippen molar-refractivity contribution in [1.82, 2.24) is 20.0 Å². The van der Waals surface area contributed by atoms with Crippen molar-refractivity contribution < 1.29 is 4.74 Å². The molecule has 3 rings (SSSR count). The maximum Gasteiger partial charge on any atom is 0.219 e. The van der Waals surface area contributed by atoms with Gasteiger partial charge in [-0.3, -0.25) is 0 Å². The standard InChI is InChI=1S/C17H19BrN4O/c1-11-6-5-7-14(19-11)23-13-9-8-12-16(15(13)18)20-21-22(12)10-17(2,3)4/h5-9H,10H2,1-4H3. The van der Waals surface area contributed by atoms with Crippen LogP contribution in [0, 0.1) is 12.3 Å². The van der Waals surface area contributed by atoms with Gasteiger partial charge < -0.3 is 4.74 Å². The number of ether oxygens (including phenoxy) is 1. The van der Waals surface area contributed by atoms with E-state index >= 15 is 0 Å². The molecule has 0 fully saturated rings. The second kappa shape index (κ2) is 5.92. The Bertz CT molecular complexity index is 851. The van der Waals surface area contributed by atoms with Gasteiger partial charge in [-0.25, -0.2) is 9.67 Å². The van der Waals surface area contributed by atoms with Crippen LogP contribution in [0.4, 0.5) is 0 Å². The third-order valence-electron chi connectivity index (χ3n) is 3.29. The van der Waals surface area contributed by atoms with E-state index in [9.17, 15) is 0 Å². The van der Waals surface area contributed by atoms with E-state index in [0.29, 0.717) is 11.6 Å². The van der Waals surface area contributed by atoms with E-state index in [0.717, 1.165) is 27.7 Å². The number of aromatic nitrogens is 4.